The van der Waals surface area contributed by atoms with E-state index < -0.39 is 0 Å². The van der Waals surface area contributed by atoms with E-state index in [0.717, 1.165) is 6.26 Å². The predicted molar refractivity (Wildman–Crippen MR) is 43.2 cm³/mol. The third kappa shape index (κ3) is 3.22. The molecule has 0 bridgehead atoms. The van der Waals surface area contributed by atoms with Gasteiger partial charge in [0, 0.05) is 0 Å². The van der Waals surface area contributed by atoms with E-state index in [9.17, 15) is 4.79 Å². The number of esters is 1. The Kier molecular flexibility index (Phi) is 5.72. The molecular weight excluding hydrogens is 163 g/mol. The molecule has 0 aliphatic rings. The van der Waals surface area contributed by atoms with Crippen LogP contribution in [0.4, 0.5) is 0 Å². The van der Waals surface area contributed by atoms with Crippen LogP contribution in [0.3, 0.4) is 0 Å². The van der Waals surface area contributed by atoms with Crippen LogP contribution in [0.15, 0.2) is 43.2 Å². The number of hydrogen-bond acceptors (Lipinski definition) is 2. The van der Waals surface area contributed by atoms with E-state index in [-0.39, 0.29) is 37.0 Å². The first-order chi connectivity index (χ1) is 5.34. The van der Waals surface area contributed by atoms with E-state index in [0.29, 0.717) is 5.56 Å². The molecule has 0 radical (unpaired) electrons. The van der Waals surface area contributed by atoms with E-state index >= 15 is 0 Å². The molecule has 0 aliphatic carbocycles. The minimum atomic E-state index is -0.374. The number of benzene rings is 1. The van der Waals surface area contributed by atoms with Crippen molar-refractivity contribution in [1.29, 1.82) is 0 Å². The van der Waals surface area contributed by atoms with Crippen LogP contribution < -0.4 is 29.6 Å². The minimum Gasteiger partial charge on any atom is -1.00 e. The summed E-state index contributed by atoms with van der Waals surface area (Å²) in [5.74, 6) is -0.374. The smallest absolute Gasteiger partial charge is 1.00 e. The number of hydrogen-bond donors (Lipinski definition) is 0. The summed E-state index contributed by atoms with van der Waals surface area (Å²) in [5.41, 5.74) is 0.535. The second kappa shape index (κ2) is 6.00. The summed E-state index contributed by atoms with van der Waals surface area (Å²) in [6.07, 6.45) is 1.12. The molecule has 1 aromatic rings. The van der Waals surface area contributed by atoms with Gasteiger partial charge in [-0.05, 0) is 12.1 Å². The van der Waals surface area contributed by atoms with Gasteiger partial charge < -0.3 is 6.16 Å². The van der Waals surface area contributed by atoms with Crippen molar-refractivity contribution in [3.8, 4) is 0 Å². The average Bonchev–Trinajstić information content (AvgIpc) is 2.07. The molecule has 0 N–H and O–H groups in total. The van der Waals surface area contributed by atoms with Crippen molar-refractivity contribution in [2.45, 2.75) is 0 Å². The van der Waals surface area contributed by atoms with Gasteiger partial charge in [-0.25, -0.2) is 4.79 Å². The Bertz CT molecular complexity index is 262. The molecule has 0 saturated carbocycles. The zero-order valence-corrected chi connectivity index (χ0v) is 8.99. The maximum Gasteiger partial charge on any atom is 1.00 e. The van der Waals surface area contributed by atoms with Crippen molar-refractivity contribution in [2.75, 3.05) is 0 Å². The molecule has 0 fully saturated rings. The molecular formula is C9H9NaO2. The standard InChI is InChI=1S/C9H8O2.Na.H/c1-2-11-9(10)8-6-4-3-5-7-8;;/h2-7H,1H2;;/q;+1;-1. The first-order valence-electron chi connectivity index (χ1n) is 3.21. The van der Waals surface area contributed by atoms with Gasteiger partial charge in [0.2, 0.25) is 0 Å². The van der Waals surface area contributed by atoms with Crippen molar-refractivity contribution >= 4 is 5.97 Å². The van der Waals surface area contributed by atoms with Crippen LogP contribution in [-0.2, 0) is 4.74 Å². The summed E-state index contributed by atoms with van der Waals surface area (Å²) in [6, 6.07) is 8.77. The average molecular weight is 172 g/mol. The van der Waals surface area contributed by atoms with E-state index in [1.54, 1.807) is 24.3 Å². The van der Waals surface area contributed by atoms with E-state index in [1.807, 2.05) is 6.07 Å². The fourth-order valence-corrected chi connectivity index (χ4v) is 0.718. The van der Waals surface area contributed by atoms with E-state index in [4.69, 9.17) is 0 Å². The number of rotatable bonds is 2. The summed E-state index contributed by atoms with van der Waals surface area (Å²) in [6.45, 7) is 3.28. The molecule has 0 aromatic heterocycles. The monoisotopic (exact) mass is 172 g/mol. The van der Waals surface area contributed by atoms with Gasteiger partial charge in [-0.3, -0.25) is 0 Å². The fourth-order valence-electron chi connectivity index (χ4n) is 0.718. The molecule has 0 amide bonds. The SMILES string of the molecule is C=COC(=O)c1ccccc1.[H-].[Na+]. The summed E-state index contributed by atoms with van der Waals surface area (Å²) in [5, 5.41) is 0. The van der Waals surface area contributed by atoms with Crippen LogP contribution in [0.5, 0.6) is 0 Å². The van der Waals surface area contributed by atoms with Crippen LogP contribution in [0, 0.1) is 0 Å². The number of carbonyl (C=O) groups excluding carboxylic acids is 1. The van der Waals surface area contributed by atoms with Crippen molar-refractivity contribution < 1.29 is 40.5 Å². The minimum absolute atomic E-state index is 0. The number of ether oxygens (including phenoxy) is 1. The number of carbonyl (C=O) groups is 1. The summed E-state index contributed by atoms with van der Waals surface area (Å²) < 4.78 is 4.55. The Morgan fingerprint density at radius 2 is 2.00 bits per heavy atom. The van der Waals surface area contributed by atoms with E-state index in [1.165, 1.54) is 0 Å². The van der Waals surface area contributed by atoms with Gasteiger partial charge in [0.05, 0.1) is 11.8 Å². The van der Waals surface area contributed by atoms with Gasteiger partial charge in [-0.2, -0.15) is 0 Å². The predicted octanol–water partition coefficient (Wildman–Crippen LogP) is -0.897. The molecule has 1 aromatic carbocycles. The second-order valence-electron chi connectivity index (χ2n) is 1.94. The molecule has 0 unspecified atom stereocenters. The summed E-state index contributed by atoms with van der Waals surface area (Å²) >= 11 is 0. The molecule has 0 spiro atoms. The van der Waals surface area contributed by atoms with Gasteiger partial charge in [0.25, 0.3) is 0 Å². The van der Waals surface area contributed by atoms with Gasteiger partial charge in [-0.1, -0.05) is 24.8 Å². The van der Waals surface area contributed by atoms with Crippen molar-refractivity contribution in [1.82, 2.24) is 0 Å². The molecule has 0 heterocycles. The maximum absolute atomic E-state index is 11.0. The quantitative estimate of drug-likeness (QED) is 0.328. The van der Waals surface area contributed by atoms with Crippen molar-refractivity contribution in [3.05, 3.63) is 48.7 Å². The summed E-state index contributed by atoms with van der Waals surface area (Å²) in [7, 11) is 0. The van der Waals surface area contributed by atoms with Crippen LogP contribution >= 0.6 is 0 Å². The topological polar surface area (TPSA) is 26.3 Å². The van der Waals surface area contributed by atoms with Crippen molar-refractivity contribution in [2.24, 2.45) is 0 Å². The third-order valence-corrected chi connectivity index (χ3v) is 1.20. The van der Waals surface area contributed by atoms with Crippen LogP contribution in [0.2, 0.25) is 0 Å². The summed E-state index contributed by atoms with van der Waals surface area (Å²) in [4.78, 5) is 11.0. The van der Waals surface area contributed by atoms with Crippen LogP contribution in [0.1, 0.15) is 11.8 Å². The Labute approximate surface area is 95.0 Å². The second-order valence-corrected chi connectivity index (χ2v) is 1.94. The Morgan fingerprint density at radius 3 is 2.50 bits per heavy atom. The van der Waals surface area contributed by atoms with Crippen LogP contribution in [0.25, 0.3) is 0 Å². The van der Waals surface area contributed by atoms with Gasteiger partial charge in [-0.15, -0.1) is 0 Å². The molecule has 12 heavy (non-hydrogen) atoms. The first kappa shape index (κ1) is 11.4. The van der Waals surface area contributed by atoms with Crippen LogP contribution in [-0.4, -0.2) is 5.97 Å². The van der Waals surface area contributed by atoms with Crippen molar-refractivity contribution in [3.63, 3.8) is 0 Å². The normalized spacial score (nSPS) is 8.00. The van der Waals surface area contributed by atoms with Gasteiger partial charge in [0.1, 0.15) is 0 Å². The Hall–Kier alpha value is -0.570. The van der Waals surface area contributed by atoms with E-state index in [2.05, 4.69) is 11.3 Å². The largest absolute Gasteiger partial charge is 1.00 e. The zero-order chi connectivity index (χ0) is 8.10. The Balaban J connectivity index is 0. The zero-order valence-electron chi connectivity index (χ0n) is 7.99. The fraction of sp³-hybridized carbons (Fsp3) is 0. The molecule has 3 heteroatoms. The third-order valence-electron chi connectivity index (χ3n) is 1.20. The molecule has 1 rings (SSSR count). The maximum atomic E-state index is 11.0. The molecule has 0 atom stereocenters. The Morgan fingerprint density at radius 1 is 1.42 bits per heavy atom. The van der Waals surface area contributed by atoms with Gasteiger partial charge >= 0.3 is 35.5 Å². The van der Waals surface area contributed by atoms with Gasteiger partial charge in [0.15, 0.2) is 0 Å². The molecule has 0 saturated heterocycles. The first-order valence-corrected chi connectivity index (χ1v) is 3.21. The molecule has 58 valence electrons. The molecule has 0 aliphatic heterocycles. The molecule has 2 nitrogen and oxygen atoms in total.